The van der Waals surface area contributed by atoms with Crippen molar-refractivity contribution < 1.29 is 9.90 Å². The molecule has 0 amide bonds. The van der Waals surface area contributed by atoms with Crippen molar-refractivity contribution >= 4 is 5.78 Å². The summed E-state index contributed by atoms with van der Waals surface area (Å²) in [6.45, 7) is 6.28. The van der Waals surface area contributed by atoms with E-state index in [1.54, 1.807) is 6.42 Å². The van der Waals surface area contributed by atoms with Gasteiger partial charge in [-0.05, 0) is 25.2 Å². The molecule has 0 aliphatic heterocycles. The van der Waals surface area contributed by atoms with Gasteiger partial charge in [0.1, 0.15) is 6.10 Å². The van der Waals surface area contributed by atoms with Crippen molar-refractivity contribution in [1.82, 2.24) is 0 Å². The Hall–Kier alpha value is -0.370. The standard InChI is InChI=1S/C17H32O2/c1-4-7-9-11-13-15(6-3)17(19)16(18)14-12-10-8-5-2/h6,14-15,17,19H,4-5,7-13H2,1-3H3. The van der Waals surface area contributed by atoms with Crippen molar-refractivity contribution in [3.63, 3.8) is 0 Å². The molecule has 19 heavy (non-hydrogen) atoms. The van der Waals surface area contributed by atoms with Crippen LogP contribution in [0.25, 0.3) is 0 Å². The van der Waals surface area contributed by atoms with E-state index in [9.17, 15) is 9.90 Å². The average molecular weight is 268 g/mol. The second kappa shape index (κ2) is 12.7. The minimum Gasteiger partial charge on any atom is -0.385 e. The molecule has 0 rings (SSSR count). The van der Waals surface area contributed by atoms with E-state index in [2.05, 4.69) is 13.8 Å². The van der Waals surface area contributed by atoms with Crippen LogP contribution in [-0.4, -0.2) is 17.0 Å². The third kappa shape index (κ3) is 9.21. The van der Waals surface area contributed by atoms with Gasteiger partial charge >= 0.3 is 0 Å². The Morgan fingerprint density at radius 3 is 2.26 bits per heavy atom. The highest BCUT2D eigenvalue weighted by Gasteiger charge is 2.23. The van der Waals surface area contributed by atoms with Gasteiger partial charge < -0.3 is 5.11 Å². The van der Waals surface area contributed by atoms with Crippen LogP contribution in [0.3, 0.4) is 0 Å². The van der Waals surface area contributed by atoms with Gasteiger partial charge in [0.15, 0.2) is 5.78 Å². The number of carbonyl (C=O) groups is 1. The Morgan fingerprint density at radius 2 is 1.68 bits per heavy atom. The molecule has 1 N–H and O–H groups in total. The maximum atomic E-state index is 11.9. The molecule has 0 aliphatic rings. The molecule has 0 saturated heterocycles. The van der Waals surface area contributed by atoms with E-state index < -0.39 is 6.10 Å². The molecule has 2 nitrogen and oxygen atoms in total. The quantitative estimate of drug-likeness (QED) is 0.499. The summed E-state index contributed by atoms with van der Waals surface area (Å²) < 4.78 is 0. The number of aliphatic hydroxyl groups is 1. The van der Waals surface area contributed by atoms with E-state index in [4.69, 9.17) is 0 Å². The van der Waals surface area contributed by atoms with Crippen molar-refractivity contribution in [2.75, 3.05) is 0 Å². The van der Waals surface area contributed by atoms with Gasteiger partial charge in [-0.3, -0.25) is 4.79 Å². The predicted octanol–water partition coefficient (Wildman–Crippen LogP) is 4.51. The van der Waals surface area contributed by atoms with Crippen molar-refractivity contribution in [2.45, 2.75) is 84.7 Å². The Labute approximate surface area is 120 Å². The third-order valence-corrected chi connectivity index (χ3v) is 3.67. The second-order valence-corrected chi connectivity index (χ2v) is 5.39. The van der Waals surface area contributed by atoms with Crippen LogP contribution in [0.2, 0.25) is 0 Å². The lowest BCUT2D eigenvalue weighted by atomic mass is 9.89. The molecule has 2 unspecified atom stereocenters. The molecule has 0 aromatic carbocycles. The minimum atomic E-state index is -0.826. The Balaban J connectivity index is 3.89. The molecule has 0 fully saturated rings. The van der Waals surface area contributed by atoms with E-state index in [0.717, 1.165) is 38.5 Å². The number of Topliss-reactive ketones (excluding diaryl/α,β-unsaturated/α-hetero) is 1. The number of rotatable bonds is 13. The fourth-order valence-electron chi connectivity index (χ4n) is 2.28. The summed E-state index contributed by atoms with van der Waals surface area (Å²) in [5.41, 5.74) is 0. The highest BCUT2D eigenvalue weighted by molar-refractivity contribution is 5.91. The van der Waals surface area contributed by atoms with Gasteiger partial charge in [0.05, 0.1) is 0 Å². The first-order valence-electron chi connectivity index (χ1n) is 8.01. The number of carbonyl (C=O) groups excluding carboxylic acids is 1. The van der Waals surface area contributed by atoms with E-state index in [1.807, 2.05) is 13.3 Å². The first kappa shape index (κ1) is 18.6. The van der Waals surface area contributed by atoms with E-state index in [0.29, 0.717) is 0 Å². The molecule has 0 aliphatic carbocycles. The summed E-state index contributed by atoms with van der Waals surface area (Å²) in [5, 5.41) is 10.1. The van der Waals surface area contributed by atoms with Gasteiger partial charge in [-0.15, -0.1) is 0 Å². The summed E-state index contributed by atoms with van der Waals surface area (Å²) in [7, 11) is 0. The monoisotopic (exact) mass is 268 g/mol. The van der Waals surface area contributed by atoms with Gasteiger partial charge in [-0.25, -0.2) is 0 Å². The smallest absolute Gasteiger partial charge is 0.165 e. The van der Waals surface area contributed by atoms with Crippen LogP contribution in [0.1, 0.15) is 78.6 Å². The topological polar surface area (TPSA) is 37.3 Å². The van der Waals surface area contributed by atoms with Gasteiger partial charge in [0.25, 0.3) is 0 Å². The number of aliphatic hydroxyl groups excluding tert-OH is 1. The molecule has 0 aromatic rings. The molecule has 112 valence electrons. The van der Waals surface area contributed by atoms with E-state index in [-0.39, 0.29) is 11.7 Å². The Bertz CT molecular complexity index is 213. The number of hydrogen-bond donors (Lipinski definition) is 1. The molecular formula is C17H32O2. The molecule has 2 atom stereocenters. The van der Waals surface area contributed by atoms with Crippen LogP contribution in [0, 0.1) is 18.8 Å². The van der Waals surface area contributed by atoms with Crippen molar-refractivity contribution in [2.24, 2.45) is 5.92 Å². The number of ketones is 1. The zero-order valence-electron chi connectivity index (χ0n) is 13.0. The minimum absolute atomic E-state index is 0.0202. The normalized spacial score (nSPS) is 14.3. The highest BCUT2D eigenvalue weighted by atomic mass is 16.3. The van der Waals surface area contributed by atoms with Crippen molar-refractivity contribution in [3.8, 4) is 0 Å². The summed E-state index contributed by atoms with van der Waals surface area (Å²) >= 11 is 0. The second-order valence-electron chi connectivity index (χ2n) is 5.39. The van der Waals surface area contributed by atoms with Crippen molar-refractivity contribution in [3.05, 3.63) is 12.8 Å². The van der Waals surface area contributed by atoms with Crippen LogP contribution in [0.15, 0.2) is 0 Å². The van der Waals surface area contributed by atoms with Crippen LogP contribution in [-0.2, 0) is 4.79 Å². The fourth-order valence-corrected chi connectivity index (χ4v) is 2.28. The largest absolute Gasteiger partial charge is 0.385 e. The van der Waals surface area contributed by atoms with Crippen LogP contribution < -0.4 is 0 Å². The SMILES string of the molecule is C[CH]C(CCCCCC)C(O)C(=O)[CH]CCCCC. The first-order chi connectivity index (χ1) is 9.17. The zero-order chi connectivity index (χ0) is 14.5. The molecule has 0 bridgehead atoms. The third-order valence-electron chi connectivity index (χ3n) is 3.67. The van der Waals surface area contributed by atoms with Gasteiger partial charge in [0.2, 0.25) is 0 Å². The highest BCUT2D eigenvalue weighted by Crippen LogP contribution is 2.19. The first-order valence-corrected chi connectivity index (χ1v) is 8.01. The number of hydrogen-bond acceptors (Lipinski definition) is 2. The van der Waals surface area contributed by atoms with Crippen molar-refractivity contribution in [1.29, 1.82) is 0 Å². The van der Waals surface area contributed by atoms with Gasteiger partial charge in [0, 0.05) is 6.42 Å². The van der Waals surface area contributed by atoms with Gasteiger partial charge in [-0.2, -0.15) is 0 Å². The number of unbranched alkanes of at least 4 members (excludes halogenated alkanes) is 6. The summed E-state index contributed by atoms with van der Waals surface area (Å²) in [6.07, 6.45) is 12.7. The van der Waals surface area contributed by atoms with E-state index in [1.165, 1.54) is 19.3 Å². The summed E-state index contributed by atoms with van der Waals surface area (Å²) in [6, 6.07) is 0. The molecule has 0 aromatic heterocycles. The maximum Gasteiger partial charge on any atom is 0.165 e. The lowest BCUT2D eigenvalue weighted by Gasteiger charge is -2.20. The Kier molecular flexibility index (Phi) is 12.4. The Morgan fingerprint density at radius 1 is 1.05 bits per heavy atom. The molecule has 0 saturated carbocycles. The molecule has 0 heterocycles. The molecule has 2 radical (unpaired) electrons. The van der Waals surface area contributed by atoms with Crippen LogP contribution in [0.4, 0.5) is 0 Å². The molecule has 0 spiro atoms. The average Bonchev–Trinajstić information content (AvgIpc) is 2.43. The van der Waals surface area contributed by atoms with Crippen LogP contribution in [0.5, 0.6) is 0 Å². The summed E-state index contributed by atoms with van der Waals surface area (Å²) in [4.78, 5) is 11.9. The van der Waals surface area contributed by atoms with E-state index >= 15 is 0 Å². The van der Waals surface area contributed by atoms with Gasteiger partial charge in [-0.1, -0.05) is 65.7 Å². The lowest BCUT2D eigenvalue weighted by molar-refractivity contribution is -0.126. The molecular weight excluding hydrogens is 236 g/mol. The maximum absolute atomic E-state index is 11.9. The fraction of sp³-hybridized carbons (Fsp3) is 0.824. The lowest BCUT2D eigenvalue weighted by Crippen LogP contribution is -2.29. The summed E-state index contributed by atoms with van der Waals surface area (Å²) in [5.74, 6) is -0.0681. The predicted molar refractivity (Wildman–Crippen MR) is 81.7 cm³/mol. The zero-order valence-corrected chi connectivity index (χ0v) is 13.0. The molecule has 2 heteroatoms. The van der Waals surface area contributed by atoms with Crippen LogP contribution >= 0.6 is 0 Å².